The van der Waals surface area contributed by atoms with E-state index in [9.17, 15) is 14.0 Å². The predicted octanol–water partition coefficient (Wildman–Crippen LogP) is 4.16. The third kappa shape index (κ3) is 4.90. The van der Waals surface area contributed by atoms with Gasteiger partial charge in [-0.1, -0.05) is 11.6 Å². The molecular weight excluding hydrogens is 457 g/mol. The zero-order valence-corrected chi connectivity index (χ0v) is 18.6. The lowest BCUT2D eigenvalue weighted by atomic mass is 10.1. The Morgan fingerprint density at radius 1 is 1.34 bits per heavy atom. The number of anilines is 2. The van der Waals surface area contributed by atoms with Gasteiger partial charge in [0.1, 0.15) is 18.1 Å². The highest BCUT2D eigenvalue weighted by atomic mass is 35.5. The fourth-order valence-corrected chi connectivity index (χ4v) is 4.17. The summed E-state index contributed by atoms with van der Waals surface area (Å²) in [6, 6.07) is 9.28. The normalized spacial score (nSPS) is 13.0. The number of methoxy groups -OCH3 is 1. The van der Waals surface area contributed by atoms with Gasteiger partial charge in [0.2, 0.25) is 5.91 Å². The van der Waals surface area contributed by atoms with Crippen LogP contribution in [0.1, 0.15) is 5.01 Å². The van der Waals surface area contributed by atoms with Crippen molar-refractivity contribution in [1.29, 1.82) is 0 Å². The number of carbonyl (C=O) groups is 2. The van der Waals surface area contributed by atoms with Crippen LogP contribution < -0.4 is 15.0 Å². The highest BCUT2D eigenvalue weighted by Crippen LogP contribution is 2.36. The number of rotatable bonds is 7. The standard InChI is InChI=1S/C22H19ClFN3O4S/c1-30-7-6-21-26-17(12-32-21)13-2-5-19-18(8-13)27(22(29)11-31-19)10-20(28)25-14-3-4-16(24)15(23)9-14/h2-5,8-9,12H,6-7,10-11H2,1H3,(H,25,28). The molecule has 0 fully saturated rings. The van der Waals surface area contributed by atoms with Crippen molar-refractivity contribution in [3.05, 3.63) is 57.6 Å². The van der Waals surface area contributed by atoms with Gasteiger partial charge < -0.3 is 14.8 Å². The monoisotopic (exact) mass is 475 g/mol. The number of amides is 2. The fourth-order valence-electron chi connectivity index (χ4n) is 3.20. The van der Waals surface area contributed by atoms with Gasteiger partial charge in [-0.05, 0) is 36.4 Å². The molecule has 1 aliphatic heterocycles. The summed E-state index contributed by atoms with van der Waals surface area (Å²) in [5.41, 5.74) is 2.39. The summed E-state index contributed by atoms with van der Waals surface area (Å²) in [6.07, 6.45) is 0.716. The van der Waals surface area contributed by atoms with Crippen molar-refractivity contribution in [3.8, 4) is 17.0 Å². The quantitative estimate of drug-likeness (QED) is 0.555. The minimum Gasteiger partial charge on any atom is -0.482 e. The largest absolute Gasteiger partial charge is 0.482 e. The first kappa shape index (κ1) is 22.2. The molecule has 166 valence electrons. The second-order valence-corrected chi connectivity index (χ2v) is 8.35. The first-order valence-corrected chi connectivity index (χ1v) is 11.0. The van der Waals surface area contributed by atoms with Gasteiger partial charge in [-0.2, -0.15) is 0 Å². The van der Waals surface area contributed by atoms with Gasteiger partial charge in [-0.15, -0.1) is 11.3 Å². The minimum absolute atomic E-state index is 0.103. The van der Waals surface area contributed by atoms with Gasteiger partial charge in [0.15, 0.2) is 6.61 Å². The van der Waals surface area contributed by atoms with Crippen molar-refractivity contribution in [2.45, 2.75) is 6.42 Å². The Morgan fingerprint density at radius 3 is 2.97 bits per heavy atom. The summed E-state index contributed by atoms with van der Waals surface area (Å²) in [5, 5.41) is 5.41. The maximum atomic E-state index is 13.3. The van der Waals surface area contributed by atoms with Crippen LogP contribution in [-0.4, -0.2) is 43.7 Å². The second kappa shape index (κ2) is 9.64. The average Bonchev–Trinajstić information content (AvgIpc) is 3.25. The molecule has 4 rings (SSSR count). The van der Waals surface area contributed by atoms with E-state index in [4.69, 9.17) is 21.1 Å². The smallest absolute Gasteiger partial charge is 0.265 e. The van der Waals surface area contributed by atoms with E-state index in [0.29, 0.717) is 30.2 Å². The molecule has 10 heteroatoms. The molecule has 2 aromatic carbocycles. The maximum absolute atomic E-state index is 13.3. The highest BCUT2D eigenvalue weighted by Gasteiger charge is 2.28. The Kier molecular flexibility index (Phi) is 6.69. The zero-order chi connectivity index (χ0) is 22.7. The van der Waals surface area contributed by atoms with Crippen molar-refractivity contribution < 1.29 is 23.5 Å². The van der Waals surface area contributed by atoms with Crippen molar-refractivity contribution in [3.63, 3.8) is 0 Å². The third-order valence-corrected chi connectivity index (χ3v) is 5.97. The van der Waals surface area contributed by atoms with E-state index in [2.05, 4.69) is 10.3 Å². The molecule has 0 spiro atoms. The number of hydrogen-bond acceptors (Lipinski definition) is 6. The van der Waals surface area contributed by atoms with Crippen molar-refractivity contribution in [1.82, 2.24) is 4.98 Å². The van der Waals surface area contributed by atoms with Gasteiger partial charge in [0.05, 0.1) is 28.0 Å². The van der Waals surface area contributed by atoms with Crippen LogP contribution in [-0.2, 0) is 20.7 Å². The Morgan fingerprint density at radius 2 is 2.19 bits per heavy atom. The Balaban J connectivity index is 1.54. The van der Waals surface area contributed by atoms with Crippen molar-refractivity contribution >= 4 is 46.1 Å². The summed E-state index contributed by atoms with van der Waals surface area (Å²) >= 11 is 7.30. The number of benzene rings is 2. The first-order valence-electron chi connectivity index (χ1n) is 9.70. The van der Waals surface area contributed by atoms with Crippen molar-refractivity contribution in [2.24, 2.45) is 0 Å². The number of halogens is 2. The molecule has 7 nitrogen and oxygen atoms in total. The van der Waals surface area contributed by atoms with E-state index in [-0.39, 0.29) is 24.1 Å². The Labute approximate surface area is 192 Å². The lowest BCUT2D eigenvalue weighted by molar-refractivity contribution is -0.123. The van der Waals surface area contributed by atoms with Crippen LogP contribution in [0.5, 0.6) is 5.75 Å². The highest BCUT2D eigenvalue weighted by molar-refractivity contribution is 7.09. The van der Waals surface area contributed by atoms with Gasteiger partial charge in [0, 0.05) is 30.2 Å². The maximum Gasteiger partial charge on any atom is 0.265 e. The molecule has 0 saturated heterocycles. The van der Waals surface area contributed by atoms with Crippen LogP contribution in [0.2, 0.25) is 5.02 Å². The number of hydrogen-bond donors (Lipinski definition) is 1. The van der Waals surface area contributed by atoms with Crippen LogP contribution in [0.3, 0.4) is 0 Å². The van der Waals surface area contributed by atoms with Crippen LogP contribution in [0.15, 0.2) is 41.8 Å². The average molecular weight is 476 g/mol. The van der Waals surface area contributed by atoms with Gasteiger partial charge >= 0.3 is 0 Å². The van der Waals surface area contributed by atoms with Crippen molar-refractivity contribution in [2.75, 3.05) is 37.1 Å². The Bertz CT molecular complexity index is 1170. The predicted molar refractivity (Wildman–Crippen MR) is 121 cm³/mol. The molecule has 0 radical (unpaired) electrons. The van der Waals surface area contributed by atoms with E-state index in [0.717, 1.165) is 22.3 Å². The van der Waals surface area contributed by atoms with Gasteiger partial charge in [-0.3, -0.25) is 14.5 Å². The molecule has 0 bridgehead atoms. The zero-order valence-electron chi connectivity index (χ0n) is 17.1. The molecule has 2 amide bonds. The first-order chi connectivity index (χ1) is 15.4. The van der Waals surface area contributed by atoms with Crippen LogP contribution >= 0.6 is 22.9 Å². The number of ether oxygens (including phenoxy) is 2. The van der Waals surface area contributed by atoms with E-state index >= 15 is 0 Å². The Hall–Kier alpha value is -3.01. The van der Waals surface area contributed by atoms with Crippen LogP contribution in [0.4, 0.5) is 15.8 Å². The number of aromatic nitrogens is 1. The molecular formula is C22H19ClFN3O4S. The number of fused-ring (bicyclic) bond motifs is 1. The van der Waals surface area contributed by atoms with E-state index < -0.39 is 11.7 Å². The molecule has 0 unspecified atom stereocenters. The second-order valence-electron chi connectivity index (χ2n) is 7.00. The van der Waals surface area contributed by atoms with Crippen LogP contribution in [0, 0.1) is 5.82 Å². The lowest BCUT2D eigenvalue weighted by Crippen LogP contribution is -2.43. The van der Waals surface area contributed by atoms with Gasteiger partial charge in [-0.25, -0.2) is 9.37 Å². The molecule has 2 heterocycles. The van der Waals surface area contributed by atoms with E-state index in [1.54, 1.807) is 19.2 Å². The number of thiazole rings is 1. The third-order valence-electron chi connectivity index (χ3n) is 4.77. The molecule has 0 aliphatic carbocycles. The summed E-state index contributed by atoms with van der Waals surface area (Å²) in [7, 11) is 1.64. The summed E-state index contributed by atoms with van der Waals surface area (Å²) in [5.74, 6) is -0.876. The molecule has 32 heavy (non-hydrogen) atoms. The summed E-state index contributed by atoms with van der Waals surface area (Å²) in [6.45, 7) is 0.186. The number of nitrogens with zero attached hydrogens (tertiary/aromatic N) is 2. The SMILES string of the molecule is COCCc1nc(-c2ccc3c(c2)N(CC(=O)Nc2ccc(F)c(Cl)c2)C(=O)CO3)cs1. The molecule has 0 atom stereocenters. The molecule has 3 aromatic rings. The molecule has 1 aromatic heterocycles. The molecule has 0 saturated carbocycles. The summed E-state index contributed by atoms with van der Waals surface area (Å²) < 4.78 is 24.0. The molecule has 1 aliphatic rings. The number of nitrogens with one attached hydrogen (secondary N) is 1. The minimum atomic E-state index is -0.582. The lowest BCUT2D eigenvalue weighted by Gasteiger charge is -2.29. The fraction of sp³-hybridized carbons (Fsp3) is 0.227. The topological polar surface area (TPSA) is 80.8 Å². The van der Waals surface area contributed by atoms with Gasteiger partial charge in [0.25, 0.3) is 5.91 Å². The van der Waals surface area contributed by atoms with E-state index in [1.807, 2.05) is 11.4 Å². The van der Waals surface area contributed by atoms with Crippen LogP contribution in [0.25, 0.3) is 11.3 Å². The molecule has 1 N–H and O–H groups in total. The van der Waals surface area contributed by atoms with E-state index in [1.165, 1.54) is 28.4 Å². The number of carbonyl (C=O) groups excluding carboxylic acids is 2. The summed E-state index contributed by atoms with van der Waals surface area (Å²) in [4.78, 5) is 31.1.